The molecule has 1 aromatic carbocycles. The van der Waals surface area contributed by atoms with E-state index in [0.717, 1.165) is 6.42 Å². The van der Waals surface area contributed by atoms with Crippen LogP contribution in [0.25, 0.3) is 6.08 Å². The second-order valence-electron chi connectivity index (χ2n) is 4.76. The molecule has 1 aromatic heterocycles. The van der Waals surface area contributed by atoms with Crippen molar-refractivity contribution in [2.75, 3.05) is 11.9 Å². The van der Waals surface area contributed by atoms with E-state index in [1.165, 1.54) is 24.5 Å². The van der Waals surface area contributed by atoms with Crippen LogP contribution in [0.4, 0.5) is 5.69 Å². The number of hydrogen-bond donors (Lipinski definition) is 2. The summed E-state index contributed by atoms with van der Waals surface area (Å²) in [5.74, 6) is 0.240. The van der Waals surface area contributed by atoms with Gasteiger partial charge in [-0.2, -0.15) is 0 Å². The third-order valence-electron chi connectivity index (χ3n) is 2.92. The summed E-state index contributed by atoms with van der Waals surface area (Å²) in [5.41, 5.74) is 0.508. The van der Waals surface area contributed by atoms with Gasteiger partial charge in [0.05, 0.1) is 11.2 Å². The van der Waals surface area contributed by atoms with Crippen molar-refractivity contribution in [3.63, 3.8) is 0 Å². The molecule has 0 atom stereocenters. The van der Waals surface area contributed by atoms with Crippen molar-refractivity contribution in [1.82, 2.24) is 4.72 Å². The molecular formula is C16H18N2O4S. The van der Waals surface area contributed by atoms with Crippen LogP contribution in [0.15, 0.2) is 58.1 Å². The van der Waals surface area contributed by atoms with Gasteiger partial charge in [-0.05, 0) is 48.9 Å². The van der Waals surface area contributed by atoms with Crippen molar-refractivity contribution in [3.8, 4) is 0 Å². The number of nitrogens with one attached hydrogen (secondary N) is 2. The SMILES string of the molecule is CCCNS(=O)(=O)c1ccc(NC(=O)/C=C/c2ccco2)cc1. The lowest BCUT2D eigenvalue weighted by atomic mass is 10.3. The molecule has 0 bridgehead atoms. The van der Waals surface area contributed by atoms with E-state index < -0.39 is 10.0 Å². The predicted molar refractivity (Wildman–Crippen MR) is 88.3 cm³/mol. The fourth-order valence-electron chi connectivity index (χ4n) is 1.77. The summed E-state index contributed by atoms with van der Waals surface area (Å²) >= 11 is 0. The molecule has 1 heterocycles. The lowest BCUT2D eigenvalue weighted by Crippen LogP contribution is -2.24. The van der Waals surface area contributed by atoms with Crippen LogP contribution >= 0.6 is 0 Å². The number of amides is 1. The van der Waals surface area contributed by atoms with E-state index in [0.29, 0.717) is 18.0 Å². The molecule has 0 saturated heterocycles. The van der Waals surface area contributed by atoms with E-state index in [1.807, 2.05) is 6.92 Å². The second kappa shape index (κ2) is 7.75. The Morgan fingerprint density at radius 3 is 2.57 bits per heavy atom. The normalized spacial score (nSPS) is 11.7. The van der Waals surface area contributed by atoms with Crippen LogP contribution in [0.2, 0.25) is 0 Å². The minimum absolute atomic E-state index is 0.162. The van der Waals surface area contributed by atoms with Gasteiger partial charge in [0.25, 0.3) is 0 Å². The van der Waals surface area contributed by atoms with Crippen molar-refractivity contribution in [1.29, 1.82) is 0 Å². The van der Waals surface area contributed by atoms with Crippen LogP contribution in [0.1, 0.15) is 19.1 Å². The largest absolute Gasteiger partial charge is 0.465 e. The number of carbonyl (C=O) groups is 1. The summed E-state index contributed by atoms with van der Waals surface area (Å²) in [6.45, 7) is 2.27. The summed E-state index contributed by atoms with van der Waals surface area (Å²) < 4.78 is 31.4. The van der Waals surface area contributed by atoms with Gasteiger partial charge in [0.2, 0.25) is 15.9 Å². The molecule has 6 nitrogen and oxygen atoms in total. The van der Waals surface area contributed by atoms with Crippen molar-refractivity contribution in [2.45, 2.75) is 18.2 Å². The van der Waals surface area contributed by atoms with Gasteiger partial charge in [-0.15, -0.1) is 0 Å². The molecule has 1 amide bonds. The molecule has 0 saturated carbocycles. The third kappa shape index (κ3) is 5.08. The molecule has 0 fully saturated rings. The molecule has 0 aliphatic rings. The molecular weight excluding hydrogens is 316 g/mol. The Morgan fingerprint density at radius 2 is 1.96 bits per heavy atom. The molecule has 0 aliphatic heterocycles. The van der Waals surface area contributed by atoms with Gasteiger partial charge >= 0.3 is 0 Å². The monoisotopic (exact) mass is 334 g/mol. The minimum Gasteiger partial charge on any atom is -0.465 e. The van der Waals surface area contributed by atoms with Gasteiger partial charge in [0.15, 0.2) is 0 Å². The van der Waals surface area contributed by atoms with Crippen LogP contribution in [0.3, 0.4) is 0 Å². The first-order valence-corrected chi connectivity index (χ1v) is 8.62. The first kappa shape index (κ1) is 17.0. The Balaban J connectivity index is 1.98. The Kier molecular flexibility index (Phi) is 5.72. The average molecular weight is 334 g/mol. The summed E-state index contributed by atoms with van der Waals surface area (Å²) in [6, 6.07) is 9.43. The smallest absolute Gasteiger partial charge is 0.248 e. The fraction of sp³-hybridized carbons (Fsp3) is 0.188. The van der Waals surface area contributed by atoms with Crippen LogP contribution < -0.4 is 10.0 Å². The lowest BCUT2D eigenvalue weighted by Gasteiger charge is -2.07. The molecule has 2 N–H and O–H groups in total. The minimum atomic E-state index is -3.50. The Hall–Kier alpha value is -2.38. The van der Waals surface area contributed by atoms with Gasteiger partial charge in [-0.1, -0.05) is 6.92 Å². The number of benzene rings is 1. The van der Waals surface area contributed by atoms with Crippen molar-refractivity contribution in [2.24, 2.45) is 0 Å². The Bertz CT molecular complexity index is 763. The van der Waals surface area contributed by atoms with Crippen LogP contribution in [-0.4, -0.2) is 20.9 Å². The van der Waals surface area contributed by atoms with Gasteiger partial charge in [0, 0.05) is 18.3 Å². The van der Waals surface area contributed by atoms with E-state index in [9.17, 15) is 13.2 Å². The van der Waals surface area contributed by atoms with E-state index in [1.54, 1.807) is 30.3 Å². The highest BCUT2D eigenvalue weighted by Crippen LogP contribution is 2.14. The number of hydrogen-bond acceptors (Lipinski definition) is 4. The predicted octanol–water partition coefficient (Wildman–Crippen LogP) is 2.62. The maximum atomic E-state index is 11.9. The molecule has 0 aliphatic carbocycles. The first-order chi connectivity index (χ1) is 11.0. The zero-order valence-electron chi connectivity index (χ0n) is 12.7. The van der Waals surface area contributed by atoms with E-state index in [4.69, 9.17) is 4.42 Å². The summed E-state index contributed by atoms with van der Waals surface area (Å²) in [4.78, 5) is 11.9. The molecule has 2 aromatic rings. The van der Waals surface area contributed by atoms with Crippen molar-refractivity contribution in [3.05, 3.63) is 54.5 Å². The molecule has 0 radical (unpaired) electrons. The van der Waals surface area contributed by atoms with Crippen LogP contribution in [0.5, 0.6) is 0 Å². The standard InChI is InChI=1S/C16H18N2O4S/c1-2-11-17-23(20,21)15-8-5-13(6-9-15)18-16(19)10-7-14-4-3-12-22-14/h3-10,12,17H,2,11H2,1H3,(H,18,19)/b10-7+. The zero-order valence-corrected chi connectivity index (χ0v) is 13.5. The second-order valence-corrected chi connectivity index (χ2v) is 6.53. The Morgan fingerprint density at radius 1 is 1.22 bits per heavy atom. The highest BCUT2D eigenvalue weighted by atomic mass is 32.2. The lowest BCUT2D eigenvalue weighted by molar-refractivity contribution is -0.111. The maximum Gasteiger partial charge on any atom is 0.248 e. The summed E-state index contributed by atoms with van der Waals surface area (Å²) in [6.07, 6.45) is 5.12. The number of carbonyl (C=O) groups excluding carboxylic acids is 1. The van der Waals surface area contributed by atoms with E-state index in [-0.39, 0.29) is 10.8 Å². The van der Waals surface area contributed by atoms with E-state index in [2.05, 4.69) is 10.0 Å². The highest BCUT2D eigenvalue weighted by molar-refractivity contribution is 7.89. The first-order valence-electron chi connectivity index (χ1n) is 7.13. The fourth-order valence-corrected chi connectivity index (χ4v) is 2.90. The van der Waals surface area contributed by atoms with Crippen LogP contribution in [0, 0.1) is 0 Å². The number of rotatable bonds is 7. The topological polar surface area (TPSA) is 88.4 Å². The maximum absolute atomic E-state index is 11.9. The van der Waals surface area contributed by atoms with Crippen molar-refractivity contribution < 1.29 is 17.6 Å². The Labute approximate surface area is 135 Å². The number of sulfonamides is 1. The summed E-state index contributed by atoms with van der Waals surface area (Å²) in [7, 11) is -3.50. The molecule has 122 valence electrons. The van der Waals surface area contributed by atoms with Crippen molar-refractivity contribution >= 4 is 27.7 Å². The molecule has 2 rings (SSSR count). The van der Waals surface area contributed by atoms with Crippen LogP contribution in [-0.2, 0) is 14.8 Å². The zero-order chi connectivity index (χ0) is 16.7. The van der Waals surface area contributed by atoms with Gasteiger partial charge in [-0.3, -0.25) is 4.79 Å². The van der Waals surface area contributed by atoms with Gasteiger partial charge in [0.1, 0.15) is 5.76 Å². The van der Waals surface area contributed by atoms with Gasteiger partial charge in [-0.25, -0.2) is 13.1 Å². The third-order valence-corrected chi connectivity index (χ3v) is 4.39. The number of furan rings is 1. The average Bonchev–Trinajstić information content (AvgIpc) is 3.05. The quantitative estimate of drug-likeness (QED) is 0.762. The molecule has 0 spiro atoms. The highest BCUT2D eigenvalue weighted by Gasteiger charge is 2.12. The molecule has 0 unspecified atom stereocenters. The molecule has 23 heavy (non-hydrogen) atoms. The van der Waals surface area contributed by atoms with E-state index >= 15 is 0 Å². The summed E-state index contributed by atoms with van der Waals surface area (Å²) in [5, 5.41) is 2.64. The molecule has 7 heteroatoms. The number of anilines is 1. The van der Waals surface area contributed by atoms with Gasteiger partial charge < -0.3 is 9.73 Å².